The van der Waals surface area contributed by atoms with Crippen molar-refractivity contribution >= 4 is 11.6 Å². The van der Waals surface area contributed by atoms with Gasteiger partial charge in [0, 0.05) is 11.6 Å². The molecule has 3 heteroatoms. The minimum Gasteiger partial charge on any atom is -0.301 e. The standard InChI is InChI=1S/C16H15ClFN/c1-12(17)11-19-16(13-5-3-2-4-6-13)14-7-9-15(18)10-8-14/h2-10,16,19H,1,11H2. The van der Waals surface area contributed by atoms with Crippen molar-refractivity contribution in [1.82, 2.24) is 5.32 Å². The normalized spacial score (nSPS) is 12.1. The second-order valence-electron chi connectivity index (χ2n) is 4.29. The molecule has 1 N–H and O–H groups in total. The fourth-order valence-electron chi connectivity index (χ4n) is 1.94. The van der Waals surface area contributed by atoms with Gasteiger partial charge in [-0.1, -0.05) is 60.6 Å². The molecule has 0 fully saturated rings. The molecule has 0 spiro atoms. The Hall–Kier alpha value is -1.64. The van der Waals surface area contributed by atoms with Crippen LogP contribution in [0.15, 0.2) is 66.2 Å². The van der Waals surface area contributed by atoms with E-state index in [4.69, 9.17) is 11.6 Å². The number of hydrogen-bond donors (Lipinski definition) is 1. The summed E-state index contributed by atoms with van der Waals surface area (Å²) < 4.78 is 13.0. The number of hydrogen-bond acceptors (Lipinski definition) is 1. The SMILES string of the molecule is C=C(Cl)CNC(c1ccccc1)c1ccc(F)cc1. The van der Waals surface area contributed by atoms with Crippen molar-refractivity contribution < 1.29 is 4.39 Å². The summed E-state index contributed by atoms with van der Waals surface area (Å²) in [5.41, 5.74) is 2.09. The van der Waals surface area contributed by atoms with Gasteiger partial charge in [-0.2, -0.15) is 0 Å². The highest BCUT2D eigenvalue weighted by Crippen LogP contribution is 2.22. The Morgan fingerprint density at radius 3 is 2.21 bits per heavy atom. The zero-order valence-electron chi connectivity index (χ0n) is 10.4. The minimum absolute atomic E-state index is 0.0303. The first-order valence-electron chi connectivity index (χ1n) is 6.04. The average molecular weight is 276 g/mol. The summed E-state index contributed by atoms with van der Waals surface area (Å²) in [5.74, 6) is -0.239. The molecule has 0 aliphatic heterocycles. The third-order valence-corrected chi connectivity index (χ3v) is 2.97. The van der Waals surface area contributed by atoms with E-state index in [1.807, 2.05) is 30.3 Å². The van der Waals surface area contributed by atoms with Crippen LogP contribution in [0.2, 0.25) is 0 Å². The summed E-state index contributed by atoms with van der Waals surface area (Å²) in [5, 5.41) is 3.86. The lowest BCUT2D eigenvalue weighted by atomic mass is 9.99. The van der Waals surface area contributed by atoms with Gasteiger partial charge in [0.15, 0.2) is 0 Å². The Morgan fingerprint density at radius 1 is 1.05 bits per heavy atom. The Balaban J connectivity index is 2.28. The smallest absolute Gasteiger partial charge is 0.123 e. The number of rotatable bonds is 5. The molecule has 98 valence electrons. The van der Waals surface area contributed by atoms with Crippen LogP contribution in [0.5, 0.6) is 0 Å². The summed E-state index contributed by atoms with van der Waals surface area (Å²) in [4.78, 5) is 0. The molecular weight excluding hydrogens is 261 g/mol. The second kappa shape index (κ2) is 6.50. The summed E-state index contributed by atoms with van der Waals surface area (Å²) in [6, 6.07) is 16.4. The molecule has 1 unspecified atom stereocenters. The largest absolute Gasteiger partial charge is 0.301 e. The van der Waals surface area contributed by atoms with Gasteiger partial charge in [0.25, 0.3) is 0 Å². The van der Waals surface area contributed by atoms with Crippen LogP contribution in [-0.4, -0.2) is 6.54 Å². The first-order chi connectivity index (χ1) is 9.16. The van der Waals surface area contributed by atoms with Crippen LogP contribution < -0.4 is 5.32 Å². The molecule has 1 atom stereocenters. The van der Waals surface area contributed by atoms with Crippen LogP contribution in [-0.2, 0) is 0 Å². The van der Waals surface area contributed by atoms with E-state index in [2.05, 4.69) is 11.9 Å². The van der Waals surface area contributed by atoms with Gasteiger partial charge in [-0.05, 0) is 23.3 Å². The first-order valence-corrected chi connectivity index (χ1v) is 6.41. The quantitative estimate of drug-likeness (QED) is 0.860. The number of halogens is 2. The van der Waals surface area contributed by atoms with Crippen molar-refractivity contribution in [3.05, 3.63) is 83.2 Å². The maximum absolute atomic E-state index is 13.0. The Morgan fingerprint density at radius 2 is 1.63 bits per heavy atom. The van der Waals surface area contributed by atoms with Crippen LogP contribution in [0, 0.1) is 5.82 Å². The highest BCUT2D eigenvalue weighted by Gasteiger charge is 2.13. The zero-order chi connectivity index (χ0) is 13.7. The Labute approximate surface area is 117 Å². The molecule has 0 aromatic heterocycles. The molecule has 0 heterocycles. The van der Waals surface area contributed by atoms with E-state index in [9.17, 15) is 4.39 Å². The molecule has 0 aliphatic carbocycles. The van der Waals surface area contributed by atoms with E-state index in [1.54, 1.807) is 12.1 Å². The number of benzene rings is 2. The van der Waals surface area contributed by atoms with Gasteiger partial charge < -0.3 is 5.32 Å². The maximum atomic E-state index is 13.0. The van der Waals surface area contributed by atoms with Gasteiger partial charge in [0.1, 0.15) is 5.82 Å². The van der Waals surface area contributed by atoms with Gasteiger partial charge in [0.05, 0.1) is 6.04 Å². The highest BCUT2D eigenvalue weighted by molar-refractivity contribution is 6.29. The molecule has 0 radical (unpaired) electrons. The first kappa shape index (κ1) is 13.8. The zero-order valence-corrected chi connectivity index (χ0v) is 11.2. The molecule has 0 bridgehead atoms. The summed E-state index contributed by atoms with van der Waals surface area (Å²) in [7, 11) is 0. The van der Waals surface area contributed by atoms with Gasteiger partial charge >= 0.3 is 0 Å². The van der Waals surface area contributed by atoms with Crippen molar-refractivity contribution in [3.8, 4) is 0 Å². The molecule has 0 aliphatic rings. The highest BCUT2D eigenvalue weighted by atomic mass is 35.5. The molecule has 0 amide bonds. The van der Waals surface area contributed by atoms with Crippen molar-refractivity contribution in [2.75, 3.05) is 6.54 Å². The van der Waals surface area contributed by atoms with E-state index in [0.717, 1.165) is 11.1 Å². The lowest BCUT2D eigenvalue weighted by Gasteiger charge is -2.19. The van der Waals surface area contributed by atoms with E-state index >= 15 is 0 Å². The van der Waals surface area contributed by atoms with Crippen molar-refractivity contribution in [3.63, 3.8) is 0 Å². The predicted octanol–water partition coefficient (Wildman–Crippen LogP) is 4.26. The fourth-order valence-corrected chi connectivity index (χ4v) is 2.02. The molecule has 2 aromatic carbocycles. The van der Waals surface area contributed by atoms with Crippen LogP contribution in [0.3, 0.4) is 0 Å². The van der Waals surface area contributed by atoms with Gasteiger partial charge in [-0.3, -0.25) is 0 Å². The maximum Gasteiger partial charge on any atom is 0.123 e. The van der Waals surface area contributed by atoms with Crippen LogP contribution in [0.1, 0.15) is 17.2 Å². The van der Waals surface area contributed by atoms with E-state index in [-0.39, 0.29) is 11.9 Å². The van der Waals surface area contributed by atoms with Gasteiger partial charge in [-0.25, -0.2) is 4.39 Å². The monoisotopic (exact) mass is 275 g/mol. The topological polar surface area (TPSA) is 12.0 Å². The second-order valence-corrected chi connectivity index (χ2v) is 4.83. The Kier molecular flexibility index (Phi) is 4.72. The fraction of sp³-hybridized carbons (Fsp3) is 0.125. The molecule has 2 aromatic rings. The van der Waals surface area contributed by atoms with Crippen molar-refractivity contribution in [1.29, 1.82) is 0 Å². The van der Waals surface area contributed by atoms with Crippen LogP contribution in [0.25, 0.3) is 0 Å². The van der Waals surface area contributed by atoms with Crippen LogP contribution >= 0.6 is 11.6 Å². The summed E-state index contributed by atoms with van der Waals surface area (Å²) >= 11 is 5.81. The molecule has 0 saturated carbocycles. The molecule has 19 heavy (non-hydrogen) atoms. The van der Waals surface area contributed by atoms with E-state index < -0.39 is 0 Å². The third kappa shape index (κ3) is 3.91. The predicted molar refractivity (Wildman–Crippen MR) is 77.7 cm³/mol. The summed E-state index contributed by atoms with van der Waals surface area (Å²) in [6.07, 6.45) is 0. The van der Waals surface area contributed by atoms with Crippen molar-refractivity contribution in [2.24, 2.45) is 0 Å². The molecule has 0 saturated heterocycles. The van der Waals surface area contributed by atoms with Gasteiger partial charge in [0.2, 0.25) is 0 Å². The Bertz CT molecular complexity index is 536. The van der Waals surface area contributed by atoms with Gasteiger partial charge in [-0.15, -0.1) is 0 Å². The average Bonchev–Trinajstić information content (AvgIpc) is 2.42. The van der Waals surface area contributed by atoms with Crippen LogP contribution in [0.4, 0.5) is 4.39 Å². The molecule has 1 nitrogen and oxygen atoms in total. The van der Waals surface area contributed by atoms with E-state index in [0.29, 0.717) is 11.6 Å². The summed E-state index contributed by atoms with van der Waals surface area (Å²) in [6.45, 7) is 4.17. The molecule has 2 rings (SSSR count). The van der Waals surface area contributed by atoms with Crippen molar-refractivity contribution in [2.45, 2.75) is 6.04 Å². The number of nitrogens with one attached hydrogen (secondary N) is 1. The lowest BCUT2D eigenvalue weighted by Crippen LogP contribution is -2.23. The molecular formula is C16H15ClFN. The minimum atomic E-state index is -0.239. The lowest BCUT2D eigenvalue weighted by molar-refractivity contribution is 0.619. The third-order valence-electron chi connectivity index (χ3n) is 2.83. The van der Waals surface area contributed by atoms with E-state index in [1.165, 1.54) is 12.1 Å².